The second-order valence-corrected chi connectivity index (χ2v) is 5.48. The van der Waals surface area contributed by atoms with E-state index in [1.54, 1.807) is 18.2 Å². The van der Waals surface area contributed by atoms with E-state index in [4.69, 9.17) is 5.73 Å². The molecule has 0 spiro atoms. The van der Waals surface area contributed by atoms with Gasteiger partial charge in [-0.2, -0.15) is 0 Å². The first-order chi connectivity index (χ1) is 11.0. The highest BCUT2D eigenvalue weighted by molar-refractivity contribution is 6.06. The predicted octanol–water partition coefficient (Wildman–Crippen LogP) is -0.655. The summed E-state index contributed by atoms with van der Waals surface area (Å²) in [5.41, 5.74) is 6.91. The Balaban J connectivity index is 1.87. The first-order valence-electron chi connectivity index (χ1n) is 7.27. The molecule has 1 atom stereocenters. The van der Waals surface area contributed by atoms with Crippen LogP contribution in [0.2, 0.25) is 0 Å². The van der Waals surface area contributed by atoms with Gasteiger partial charge < -0.3 is 16.0 Å². The number of hydrogen-bond acceptors (Lipinski definition) is 5. The van der Waals surface area contributed by atoms with E-state index in [2.05, 4.69) is 10.6 Å². The van der Waals surface area contributed by atoms with Gasteiger partial charge >= 0.3 is 0 Å². The third-order valence-electron chi connectivity index (χ3n) is 4.04. The second kappa shape index (κ2) is 5.81. The lowest BCUT2D eigenvalue weighted by molar-refractivity contribution is -0.137. The number of benzene rings is 1. The smallest absolute Gasteiger partial charge is 0.255 e. The lowest BCUT2D eigenvalue weighted by Crippen LogP contribution is -2.52. The van der Waals surface area contributed by atoms with Gasteiger partial charge in [0.2, 0.25) is 17.7 Å². The molecule has 1 aromatic rings. The zero-order chi connectivity index (χ0) is 16.6. The quantitative estimate of drug-likeness (QED) is 0.639. The van der Waals surface area contributed by atoms with Crippen LogP contribution in [-0.2, 0) is 20.9 Å². The van der Waals surface area contributed by atoms with Gasteiger partial charge in [-0.15, -0.1) is 0 Å². The van der Waals surface area contributed by atoms with Crippen molar-refractivity contribution in [2.24, 2.45) is 5.73 Å². The molecule has 1 aromatic carbocycles. The molecular formula is C15H16N4O4. The van der Waals surface area contributed by atoms with Gasteiger partial charge in [-0.05, 0) is 18.6 Å². The van der Waals surface area contributed by atoms with E-state index in [-0.39, 0.29) is 37.2 Å². The molecule has 8 heteroatoms. The van der Waals surface area contributed by atoms with Crippen molar-refractivity contribution in [2.45, 2.75) is 25.4 Å². The maximum Gasteiger partial charge on any atom is 0.255 e. The molecule has 120 valence electrons. The molecule has 0 aliphatic carbocycles. The molecule has 4 amide bonds. The molecular weight excluding hydrogens is 300 g/mol. The standard InChI is InChI=1S/C15H16N4O4/c16-6-13(21)17-10-3-1-2-8-9(10)7-19(15(8)23)11-4-5-12(20)18-14(11)22/h1-3,11H,4-7,16H2,(H,17,21)(H,18,20,22). The molecule has 1 fully saturated rings. The number of anilines is 1. The van der Waals surface area contributed by atoms with Crippen LogP contribution in [0.5, 0.6) is 0 Å². The number of hydrogen-bond donors (Lipinski definition) is 3. The van der Waals surface area contributed by atoms with Crippen LogP contribution in [0.1, 0.15) is 28.8 Å². The Morgan fingerprint density at radius 2 is 2.13 bits per heavy atom. The fourth-order valence-electron chi connectivity index (χ4n) is 2.90. The molecule has 0 radical (unpaired) electrons. The molecule has 8 nitrogen and oxygen atoms in total. The van der Waals surface area contributed by atoms with Crippen molar-refractivity contribution >= 4 is 29.3 Å². The van der Waals surface area contributed by atoms with Gasteiger partial charge in [0.05, 0.1) is 6.54 Å². The van der Waals surface area contributed by atoms with Crippen molar-refractivity contribution in [2.75, 3.05) is 11.9 Å². The van der Waals surface area contributed by atoms with E-state index < -0.39 is 11.9 Å². The normalized spacial score (nSPS) is 20.3. The van der Waals surface area contributed by atoms with E-state index in [9.17, 15) is 19.2 Å². The second-order valence-electron chi connectivity index (χ2n) is 5.48. The minimum absolute atomic E-state index is 0.158. The van der Waals surface area contributed by atoms with Crippen LogP contribution in [0, 0.1) is 0 Å². The summed E-state index contributed by atoms with van der Waals surface area (Å²) in [6.45, 7) is 0.0515. The molecule has 23 heavy (non-hydrogen) atoms. The highest BCUT2D eigenvalue weighted by Crippen LogP contribution is 2.32. The van der Waals surface area contributed by atoms with Crippen LogP contribution in [0.15, 0.2) is 18.2 Å². The minimum atomic E-state index is -0.675. The molecule has 2 heterocycles. The highest BCUT2D eigenvalue weighted by atomic mass is 16.2. The third kappa shape index (κ3) is 2.68. The van der Waals surface area contributed by atoms with Crippen molar-refractivity contribution in [3.63, 3.8) is 0 Å². The SMILES string of the molecule is NCC(=O)Nc1cccc2c1CN(C1CCC(=O)NC1=O)C2=O. The number of imide groups is 1. The first kappa shape index (κ1) is 15.2. The minimum Gasteiger partial charge on any atom is -0.325 e. The van der Waals surface area contributed by atoms with Crippen LogP contribution in [0.4, 0.5) is 5.69 Å². The number of nitrogens with one attached hydrogen (secondary N) is 2. The van der Waals surface area contributed by atoms with Crippen LogP contribution < -0.4 is 16.4 Å². The van der Waals surface area contributed by atoms with E-state index in [0.717, 1.165) is 0 Å². The molecule has 3 rings (SSSR count). The van der Waals surface area contributed by atoms with Gasteiger partial charge in [0, 0.05) is 29.8 Å². The molecule has 1 saturated heterocycles. The van der Waals surface area contributed by atoms with E-state index in [0.29, 0.717) is 23.2 Å². The zero-order valence-electron chi connectivity index (χ0n) is 12.3. The van der Waals surface area contributed by atoms with Gasteiger partial charge in [-0.1, -0.05) is 6.07 Å². The zero-order valence-corrected chi connectivity index (χ0v) is 12.3. The van der Waals surface area contributed by atoms with E-state index in [1.807, 2.05) is 0 Å². The lowest BCUT2D eigenvalue weighted by Gasteiger charge is -2.29. The Kier molecular flexibility index (Phi) is 3.83. The average Bonchev–Trinajstić information content (AvgIpc) is 2.86. The van der Waals surface area contributed by atoms with Gasteiger partial charge in [-0.25, -0.2) is 0 Å². The van der Waals surface area contributed by atoms with Gasteiger partial charge in [-0.3, -0.25) is 24.5 Å². The Morgan fingerprint density at radius 1 is 1.35 bits per heavy atom. The maximum atomic E-state index is 12.6. The summed E-state index contributed by atoms with van der Waals surface area (Å²) >= 11 is 0. The summed E-state index contributed by atoms with van der Waals surface area (Å²) in [6.07, 6.45) is 0.502. The Hall–Kier alpha value is -2.74. The number of rotatable bonds is 3. The van der Waals surface area contributed by atoms with Gasteiger partial charge in [0.1, 0.15) is 6.04 Å². The topological polar surface area (TPSA) is 122 Å². The van der Waals surface area contributed by atoms with Crippen molar-refractivity contribution < 1.29 is 19.2 Å². The molecule has 0 bridgehead atoms. The Bertz CT molecular complexity index is 715. The largest absolute Gasteiger partial charge is 0.325 e. The lowest BCUT2D eigenvalue weighted by atomic mass is 10.0. The molecule has 1 unspecified atom stereocenters. The van der Waals surface area contributed by atoms with Crippen LogP contribution in [0.25, 0.3) is 0 Å². The van der Waals surface area contributed by atoms with Crippen molar-refractivity contribution in [3.05, 3.63) is 29.3 Å². The summed E-state index contributed by atoms with van der Waals surface area (Å²) in [6, 6.07) is 4.33. The highest BCUT2D eigenvalue weighted by Gasteiger charge is 2.39. The first-order valence-corrected chi connectivity index (χ1v) is 7.27. The molecule has 2 aliphatic heterocycles. The maximum absolute atomic E-state index is 12.6. The number of fused-ring (bicyclic) bond motifs is 1. The molecule has 4 N–H and O–H groups in total. The Labute approximate surface area is 132 Å². The van der Waals surface area contributed by atoms with Gasteiger partial charge in [0.25, 0.3) is 5.91 Å². The van der Waals surface area contributed by atoms with E-state index >= 15 is 0 Å². The summed E-state index contributed by atoms with van der Waals surface area (Å²) in [5.74, 6) is -1.43. The fourth-order valence-corrected chi connectivity index (χ4v) is 2.90. The summed E-state index contributed by atoms with van der Waals surface area (Å²) in [4.78, 5) is 48.7. The van der Waals surface area contributed by atoms with Crippen LogP contribution >= 0.6 is 0 Å². The van der Waals surface area contributed by atoms with Crippen LogP contribution in [0.3, 0.4) is 0 Å². The third-order valence-corrected chi connectivity index (χ3v) is 4.04. The summed E-state index contributed by atoms with van der Waals surface area (Å²) in [7, 11) is 0. The predicted molar refractivity (Wildman–Crippen MR) is 80.2 cm³/mol. The number of amides is 4. The molecule has 2 aliphatic rings. The summed E-state index contributed by atoms with van der Waals surface area (Å²) < 4.78 is 0. The number of nitrogens with zero attached hydrogens (tertiary/aromatic N) is 1. The molecule has 0 saturated carbocycles. The number of carbonyl (C=O) groups is 4. The van der Waals surface area contributed by atoms with Crippen molar-refractivity contribution in [3.8, 4) is 0 Å². The van der Waals surface area contributed by atoms with Gasteiger partial charge in [0.15, 0.2) is 0 Å². The molecule has 0 aromatic heterocycles. The van der Waals surface area contributed by atoms with Crippen molar-refractivity contribution in [1.29, 1.82) is 0 Å². The van der Waals surface area contributed by atoms with E-state index in [1.165, 1.54) is 4.90 Å². The summed E-state index contributed by atoms with van der Waals surface area (Å²) in [5, 5.41) is 4.91. The Morgan fingerprint density at radius 3 is 2.83 bits per heavy atom. The number of carbonyl (C=O) groups excluding carboxylic acids is 4. The average molecular weight is 316 g/mol. The van der Waals surface area contributed by atoms with Crippen molar-refractivity contribution in [1.82, 2.24) is 10.2 Å². The fraction of sp³-hybridized carbons (Fsp3) is 0.333. The monoisotopic (exact) mass is 316 g/mol. The van der Waals surface area contributed by atoms with Crippen LogP contribution in [-0.4, -0.2) is 41.1 Å². The number of nitrogens with two attached hydrogens (primary N) is 1. The number of piperidine rings is 1.